The molecule has 96 valence electrons. The largest absolute Gasteiger partial charge is 0.382 e. The van der Waals surface area contributed by atoms with Crippen LogP contribution in [0.2, 0.25) is 0 Å². The molecule has 0 bridgehead atoms. The van der Waals surface area contributed by atoms with Gasteiger partial charge in [0.2, 0.25) is 5.91 Å². The van der Waals surface area contributed by atoms with Gasteiger partial charge in [0, 0.05) is 26.0 Å². The van der Waals surface area contributed by atoms with Gasteiger partial charge in [-0.3, -0.25) is 9.48 Å². The molecule has 1 amide bonds. The van der Waals surface area contributed by atoms with Gasteiger partial charge in [-0.1, -0.05) is 0 Å². The molecule has 1 aromatic heterocycles. The molecule has 0 aliphatic rings. The molecule has 0 saturated carbocycles. The van der Waals surface area contributed by atoms with Crippen LogP contribution in [0.25, 0.3) is 0 Å². The highest BCUT2D eigenvalue weighted by Gasteiger charge is 2.11. The SMILES string of the molecule is COCCOC(C)C(=O)NCCn1cccn1. The molecule has 0 aliphatic heterocycles. The van der Waals surface area contributed by atoms with Crippen molar-refractivity contribution in [1.82, 2.24) is 15.1 Å². The Bertz CT molecular complexity index is 314. The minimum atomic E-state index is -0.456. The second-order valence-electron chi connectivity index (χ2n) is 3.57. The first-order chi connectivity index (χ1) is 8.24. The lowest BCUT2D eigenvalue weighted by atomic mass is 10.3. The van der Waals surface area contributed by atoms with Gasteiger partial charge < -0.3 is 14.8 Å². The van der Waals surface area contributed by atoms with E-state index in [1.165, 1.54) is 0 Å². The van der Waals surface area contributed by atoms with Crippen LogP contribution < -0.4 is 5.32 Å². The van der Waals surface area contributed by atoms with E-state index in [1.54, 1.807) is 24.9 Å². The summed E-state index contributed by atoms with van der Waals surface area (Å²) in [4.78, 5) is 11.6. The summed E-state index contributed by atoms with van der Waals surface area (Å²) < 4.78 is 11.9. The van der Waals surface area contributed by atoms with Gasteiger partial charge in [-0.05, 0) is 13.0 Å². The summed E-state index contributed by atoms with van der Waals surface area (Å²) >= 11 is 0. The molecule has 0 aromatic carbocycles. The van der Waals surface area contributed by atoms with Gasteiger partial charge in [-0.15, -0.1) is 0 Å². The van der Waals surface area contributed by atoms with Crippen LogP contribution in [0.1, 0.15) is 6.92 Å². The Kier molecular flexibility index (Phi) is 6.27. The maximum absolute atomic E-state index is 11.6. The second kappa shape index (κ2) is 7.81. The molecule has 1 rings (SSSR count). The number of carbonyl (C=O) groups excluding carboxylic acids is 1. The Hall–Kier alpha value is -1.40. The molecule has 1 unspecified atom stereocenters. The van der Waals surface area contributed by atoms with Crippen LogP contribution in [0.15, 0.2) is 18.5 Å². The van der Waals surface area contributed by atoms with Crippen LogP contribution in [0.5, 0.6) is 0 Å². The number of hydrogen-bond donors (Lipinski definition) is 1. The molecule has 17 heavy (non-hydrogen) atoms. The highest BCUT2D eigenvalue weighted by molar-refractivity contribution is 5.80. The molecule has 1 heterocycles. The summed E-state index contributed by atoms with van der Waals surface area (Å²) in [7, 11) is 1.60. The average Bonchev–Trinajstić information content (AvgIpc) is 2.82. The van der Waals surface area contributed by atoms with Gasteiger partial charge in [0.05, 0.1) is 19.8 Å². The fraction of sp³-hybridized carbons (Fsp3) is 0.636. The molecule has 0 spiro atoms. The standard InChI is InChI=1S/C11H19N3O3/c1-10(17-9-8-16-2)11(15)12-5-7-14-6-3-4-13-14/h3-4,6,10H,5,7-9H2,1-2H3,(H,12,15). The van der Waals surface area contributed by atoms with Crippen molar-refractivity contribution in [2.75, 3.05) is 26.9 Å². The highest BCUT2D eigenvalue weighted by atomic mass is 16.5. The normalized spacial score (nSPS) is 12.4. The molecule has 1 N–H and O–H groups in total. The van der Waals surface area contributed by atoms with E-state index in [0.717, 1.165) is 0 Å². The predicted molar refractivity (Wildman–Crippen MR) is 62.5 cm³/mol. The predicted octanol–water partition coefficient (Wildman–Crippen LogP) is 0.0508. The molecule has 6 heteroatoms. The first-order valence-electron chi connectivity index (χ1n) is 5.59. The zero-order valence-corrected chi connectivity index (χ0v) is 10.3. The number of methoxy groups -OCH3 is 1. The van der Waals surface area contributed by atoms with Gasteiger partial charge in [-0.25, -0.2) is 0 Å². The van der Waals surface area contributed by atoms with Crippen molar-refractivity contribution in [2.24, 2.45) is 0 Å². The van der Waals surface area contributed by atoms with E-state index in [1.807, 2.05) is 12.3 Å². The maximum atomic E-state index is 11.6. The zero-order valence-electron chi connectivity index (χ0n) is 10.3. The van der Waals surface area contributed by atoms with Crippen molar-refractivity contribution < 1.29 is 14.3 Å². The lowest BCUT2D eigenvalue weighted by Gasteiger charge is -2.13. The Labute approximate surface area is 101 Å². The fourth-order valence-corrected chi connectivity index (χ4v) is 1.25. The third kappa shape index (κ3) is 5.46. The van der Waals surface area contributed by atoms with Gasteiger partial charge in [0.1, 0.15) is 6.10 Å². The van der Waals surface area contributed by atoms with Crippen LogP contribution in [0.3, 0.4) is 0 Å². The van der Waals surface area contributed by atoms with E-state index in [2.05, 4.69) is 10.4 Å². The highest BCUT2D eigenvalue weighted by Crippen LogP contribution is 1.91. The van der Waals surface area contributed by atoms with E-state index < -0.39 is 6.10 Å². The Morgan fingerprint density at radius 1 is 1.53 bits per heavy atom. The number of nitrogens with one attached hydrogen (secondary N) is 1. The number of hydrogen-bond acceptors (Lipinski definition) is 4. The van der Waals surface area contributed by atoms with Gasteiger partial charge in [0.25, 0.3) is 0 Å². The van der Waals surface area contributed by atoms with Gasteiger partial charge in [-0.2, -0.15) is 5.10 Å². The van der Waals surface area contributed by atoms with Crippen LogP contribution >= 0.6 is 0 Å². The molecule has 1 atom stereocenters. The number of carbonyl (C=O) groups is 1. The van der Waals surface area contributed by atoms with Crippen molar-refractivity contribution in [3.8, 4) is 0 Å². The number of aromatic nitrogens is 2. The first kappa shape index (κ1) is 13.7. The lowest BCUT2D eigenvalue weighted by Crippen LogP contribution is -2.36. The van der Waals surface area contributed by atoms with Crippen LogP contribution in [-0.2, 0) is 20.8 Å². The lowest BCUT2D eigenvalue weighted by molar-refractivity contribution is -0.132. The molecule has 0 aliphatic carbocycles. The Morgan fingerprint density at radius 3 is 3.00 bits per heavy atom. The van der Waals surface area contributed by atoms with Crippen molar-refractivity contribution in [2.45, 2.75) is 19.6 Å². The third-order valence-corrected chi connectivity index (χ3v) is 2.22. The van der Waals surface area contributed by atoms with Crippen molar-refractivity contribution in [3.05, 3.63) is 18.5 Å². The molecule has 0 fully saturated rings. The molecule has 0 saturated heterocycles. The van der Waals surface area contributed by atoms with Crippen molar-refractivity contribution in [1.29, 1.82) is 0 Å². The minimum Gasteiger partial charge on any atom is -0.382 e. The molecular weight excluding hydrogens is 222 g/mol. The zero-order chi connectivity index (χ0) is 12.5. The van der Waals surface area contributed by atoms with E-state index in [9.17, 15) is 4.79 Å². The topological polar surface area (TPSA) is 65.4 Å². The second-order valence-corrected chi connectivity index (χ2v) is 3.57. The smallest absolute Gasteiger partial charge is 0.248 e. The molecular formula is C11H19N3O3. The van der Waals surface area contributed by atoms with Crippen molar-refractivity contribution >= 4 is 5.91 Å². The van der Waals surface area contributed by atoms with Crippen LogP contribution in [0, 0.1) is 0 Å². The number of ether oxygens (including phenoxy) is 2. The summed E-state index contributed by atoms with van der Waals surface area (Å²) in [5, 5.41) is 6.82. The average molecular weight is 241 g/mol. The minimum absolute atomic E-state index is 0.117. The summed E-state index contributed by atoms with van der Waals surface area (Å²) in [6.45, 7) is 3.83. The summed E-state index contributed by atoms with van der Waals surface area (Å²) in [6.07, 6.45) is 3.10. The van der Waals surface area contributed by atoms with E-state index in [4.69, 9.17) is 9.47 Å². The summed E-state index contributed by atoms with van der Waals surface area (Å²) in [6, 6.07) is 1.85. The van der Waals surface area contributed by atoms with Crippen LogP contribution in [0.4, 0.5) is 0 Å². The van der Waals surface area contributed by atoms with E-state index in [-0.39, 0.29) is 5.91 Å². The monoisotopic (exact) mass is 241 g/mol. The quantitative estimate of drug-likeness (QED) is 0.653. The molecule has 0 radical (unpaired) electrons. The number of amides is 1. The third-order valence-electron chi connectivity index (χ3n) is 2.22. The van der Waals surface area contributed by atoms with E-state index >= 15 is 0 Å². The fourth-order valence-electron chi connectivity index (χ4n) is 1.25. The van der Waals surface area contributed by atoms with Gasteiger partial charge in [0.15, 0.2) is 0 Å². The van der Waals surface area contributed by atoms with Crippen LogP contribution in [-0.4, -0.2) is 48.7 Å². The Morgan fingerprint density at radius 2 is 2.35 bits per heavy atom. The summed E-state index contributed by atoms with van der Waals surface area (Å²) in [5.74, 6) is -0.117. The molecule has 6 nitrogen and oxygen atoms in total. The number of nitrogens with zero attached hydrogens (tertiary/aromatic N) is 2. The molecule has 1 aromatic rings. The van der Waals surface area contributed by atoms with Crippen molar-refractivity contribution in [3.63, 3.8) is 0 Å². The Balaban J connectivity index is 2.11. The number of rotatable bonds is 8. The maximum Gasteiger partial charge on any atom is 0.248 e. The first-order valence-corrected chi connectivity index (χ1v) is 5.59. The van der Waals surface area contributed by atoms with E-state index in [0.29, 0.717) is 26.3 Å². The summed E-state index contributed by atoms with van der Waals surface area (Å²) in [5.41, 5.74) is 0. The van der Waals surface area contributed by atoms with Gasteiger partial charge >= 0.3 is 0 Å².